The zero-order valence-corrected chi connectivity index (χ0v) is 18.7. The van der Waals surface area contributed by atoms with Crippen molar-refractivity contribution in [2.45, 2.75) is 26.8 Å². The minimum Gasteiger partial charge on any atom is -0.493 e. The van der Waals surface area contributed by atoms with E-state index in [4.69, 9.17) is 9.47 Å². The highest BCUT2D eigenvalue weighted by molar-refractivity contribution is 14.0. The molecule has 1 heterocycles. The molecule has 5 nitrogen and oxygen atoms in total. The molecule has 2 N–H and O–H groups in total. The van der Waals surface area contributed by atoms with E-state index >= 15 is 0 Å². The lowest BCUT2D eigenvalue weighted by molar-refractivity contribution is 0.310. The molecular formula is C19H28IN3O2S. The Labute approximate surface area is 177 Å². The van der Waals surface area contributed by atoms with E-state index in [0.717, 1.165) is 42.5 Å². The second-order valence-corrected chi connectivity index (χ2v) is 6.40. The first-order valence-corrected chi connectivity index (χ1v) is 9.49. The summed E-state index contributed by atoms with van der Waals surface area (Å²) in [6, 6.07) is 10.2. The van der Waals surface area contributed by atoms with Gasteiger partial charge in [-0.3, -0.25) is 0 Å². The number of nitrogens with zero attached hydrogens (tertiary/aromatic N) is 1. The topological polar surface area (TPSA) is 54.9 Å². The van der Waals surface area contributed by atoms with E-state index in [1.54, 1.807) is 18.4 Å². The summed E-state index contributed by atoms with van der Waals surface area (Å²) in [5.74, 6) is 2.33. The van der Waals surface area contributed by atoms with Gasteiger partial charge in [-0.05, 0) is 49.4 Å². The largest absolute Gasteiger partial charge is 0.493 e. The number of hydrogen-bond acceptors (Lipinski definition) is 4. The molecule has 0 saturated heterocycles. The van der Waals surface area contributed by atoms with Crippen LogP contribution in [-0.4, -0.2) is 32.8 Å². The van der Waals surface area contributed by atoms with E-state index in [2.05, 4.69) is 40.1 Å². The second-order valence-electron chi connectivity index (χ2n) is 5.37. The molecule has 2 rings (SSSR count). The lowest BCUT2D eigenvalue weighted by atomic mass is 10.2. The van der Waals surface area contributed by atoms with E-state index < -0.39 is 0 Å². The average molecular weight is 489 g/mol. The lowest BCUT2D eigenvalue weighted by Gasteiger charge is -2.12. The molecule has 0 aliphatic carbocycles. The van der Waals surface area contributed by atoms with Crippen molar-refractivity contribution in [3.63, 3.8) is 0 Å². The van der Waals surface area contributed by atoms with Gasteiger partial charge < -0.3 is 20.1 Å². The zero-order chi connectivity index (χ0) is 17.9. The maximum absolute atomic E-state index is 5.55. The Morgan fingerprint density at radius 1 is 1.15 bits per heavy atom. The van der Waals surface area contributed by atoms with Crippen molar-refractivity contribution in [2.24, 2.45) is 4.99 Å². The number of halogens is 1. The van der Waals surface area contributed by atoms with Gasteiger partial charge in [0, 0.05) is 18.0 Å². The van der Waals surface area contributed by atoms with Crippen LogP contribution in [0.5, 0.6) is 11.5 Å². The van der Waals surface area contributed by atoms with Gasteiger partial charge in [-0.25, -0.2) is 4.99 Å². The summed E-state index contributed by atoms with van der Waals surface area (Å²) >= 11 is 1.78. The predicted molar refractivity (Wildman–Crippen MR) is 120 cm³/mol. The Morgan fingerprint density at radius 2 is 2.00 bits per heavy atom. The summed E-state index contributed by atoms with van der Waals surface area (Å²) in [5, 5.41) is 8.76. The van der Waals surface area contributed by atoms with E-state index in [1.165, 1.54) is 4.88 Å². The van der Waals surface area contributed by atoms with Crippen molar-refractivity contribution < 1.29 is 9.47 Å². The number of aliphatic imine (C=N–C) groups is 1. The molecule has 1 aromatic heterocycles. The lowest BCUT2D eigenvalue weighted by Crippen LogP contribution is -2.38. The molecule has 0 unspecified atom stereocenters. The Bertz CT molecular complexity index is 663. The number of methoxy groups -OCH3 is 1. The first-order valence-electron chi connectivity index (χ1n) is 8.61. The number of nitrogens with one attached hydrogen (secondary N) is 2. The van der Waals surface area contributed by atoms with Crippen LogP contribution in [0.3, 0.4) is 0 Å². The van der Waals surface area contributed by atoms with Crippen molar-refractivity contribution in [2.75, 3.05) is 26.8 Å². The number of benzene rings is 1. The smallest absolute Gasteiger partial charge is 0.191 e. The van der Waals surface area contributed by atoms with E-state index in [1.807, 2.05) is 25.1 Å². The second kappa shape index (κ2) is 12.8. The van der Waals surface area contributed by atoms with Crippen LogP contribution in [0.1, 0.15) is 24.3 Å². The number of ether oxygens (including phenoxy) is 2. The predicted octanol–water partition coefficient (Wildman–Crippen LogP) is 4.07. The molecule has 0 fully saturated rings. The van der Waals surface area contributed by atoms with Gasteiger partial charge in [0.25, 0.3) is 0 Å². The third-order valence-corrected chi connectivity index (χ3v) is 4.47. The quantitative estimate of drug-likeness (QED) is 0.317. The van der Waals surface area contributed by atoms with Crippen molar-refractivity contribution in [1.82, 2.24) is 10.6 Å². The molecule has 1 aromatic carbocycles. The summed E-state index contributed by atoms with van der Waals surface area (Å²) in [7, 11) is 1.65. The fourth-order valence-electron chi connectivity index (χ4n) is 2.36. The molecule has 0 aliphatic heterocycles. The average Bonchev–Trinajstić information content (AvgIpc) is 3.14. The molecule has 26 heavy (non-hydrogen) atoms. The summed E-state index contributed by atoms with van der Waals surface area (Å²) in [6.07, 6.45) is 0.999. The summed E-state index contributed by atoms with van der Waals surface area (Å²) in [5.41, 5.74) is 1.08. The molecular weight excluding hydrogens is 461 g/mol. The van der Waals surface area contributed by atoms with Gasteiger partial charge in [-0.2, -0.15) is 0 Å². The van der Waals surface area contributed by atoms with E-state index in [0.29, 0.717) is 13.2 Å². The third-order valence-electron chi connectivity index (χ3n) is 3.54. The minimum absolute atomic E-state index is 0. The highest BCUT2D eigenvalue weighted by Gasteiger charge is 2.05. The normalized spacial score (nSPS) is 10.8. The summed E-state index contributed by atoms with van der Waals surface area (Å²) < 4.78 is 10.9. The highest BCUT2D eigenvalue weighted by atomic mass is 127. The molecule has 144 valence electrons. The standard InChI is InChI=1S/C19H27N3O2S.HI/c1-4-20-19(21-11-10-16-7-6-12-25-16)22-14-15-8-9-17(24-5-2)18(13-15)23-3;/h6-9,12-13H,4-5,10-11,14H2,1-3H3,(H2,20,21,22);1H. The molecule has 0 atom stereocenters. The van der Waals surface area contributed by atoms with Crippen LogP contribution in [0.25, 0.3) is 0 Å². The van der Waals surface area contributed by atoms with Crippen LogP contribution in [0.2, 0.25) is 0 Å². The van der Waals surface area contributed by atoms with Gasteiger partial charge in [0.15, 0.2) is 17.5 Å². The van der Waals surface area contributed by atoms with Gasteiger partial charge in [0.1, 0.15) is 0 Å². The number of hydrogen-bond donors (Lipinski definition) is 2. The van der Waals surface area contributed by atoms with E-state index in [-0.39, 0.29) is 24.0 Å². The van der Waals surface area contributed by atoms with Crippen LogP contribution in [-0.2, 0) is 13.0 Å². The number of guanidine groups is 1. The van der Waals surface area contributed by atoms with Crippen LogP contribution in [0.15, 0.2) is 40.7 Å². The molecule has 0 amide bonds. The van der Waals surface area contributed by atoms with Crippen molar-refractivity contribution in [3.8, 4) is 11.5 Å². The van der Waals surface area contributed by atoms with Crippen molar-refractivity contribution in [3.05, 3.63) is 46.2 Å². The Morgan fingerprint density at radius 3 is 2.65 bits per heavy atom. The maximum atomic E-state index is 5.55. The van der Waals surface area contributed by atoms with Crippen molar-refractivity contribution in [1.29, 1.82) is 0 Å². The molecule has 0 radical (unpaired) electrons. The molecule has 0 saturated carbocycles. The fourth-order valence-corrected chi connectivity index (χ4v) is 3.07. The first-order chi connectivity index (χ1) is 12.3. The van der Waals surface area contributed by atoms with Gasteiger partial charge >= 0.3 is 0 Å². The van der Waals surface area contributed by atoms with Crippen LogP contribution >= 0.6 is 35.3 Å². The van der Waals surface area contributed by atoms with Crippen LogP contribution in [0.4, 0.5) is 0 Å². The number of thiophene rings is 1. The first kappa shape index (κ1) is 22.6. The van der Waals surface area contributed by atoms with Gasteiger partial charge in [0.2, 0.25) is 0 Å². The minimum atomic E-state index is 0. The molecule has 0 bridgehead atoms. The fraction of sp³-hybridized carbons (Fsp3) is 0.421. The van der Waals surface area contributed by atoms with E-state index in [9.17, 15) is 0 Å². The Balaban J connectivity index is 0.00000338. The Hall–Kier alpha value is -1.48. The molecule has 0 spiro atoms. The summed E-state index contributed by atoms with van der Waals surface area (Å²) in [4.78, 5) is 6.03. The van der Waals surface area contributed by atoms with Gasteiger partial charge in [0.05, 0.1) is 20.3 Å². The highest BCUT2D eigenvalue weighted by Crippen LogP contribution is 2.28. The van der Waals surface area contributed by atoms with Crippen LogP contribution < -0.4 is 20.1 Å². The van der Waals surface area contributed by atoms with Gasteiger partial charge in [-0.15, -0.1) is 35.3 Å². The van der Waals surface area contributed by atoms with Gasteiger partial charge in [-0.1, -0.05) is 12.1 Å². The molecule has 7 heteroatoms. The molecule has 0 aliphatic rings. The Kier molecular flexibility index (Phi) is 11.1. The maximum Gasteiger partial charge on any atom is 0.191 e. The number of rotatable bonds is 9. The van der Waals surface area contributed by atoms with Crippen LogP contribution in [0, 0.1) is 0 Å². The third kappa shape index (κ3) is 7.41. The monoisotopic (exact) mass is 489 g/mol. The summed E-state index contributed by atoms with van der Waals surface area (Å²) in [6.45, 7) is 6.92. The SMILES string of the molecule is CCNC(=NCc1ccc(OCC)c(OC)c1)NCCc1cccs1.I. The van der Waals surface area contributed by atoms with Crippen molar-refractivity contribution >= 4 is 41.3 Å². The molecule has 2 aromatic rings. The zero-order valence-electron chi connectivity index (χ0n) is 15.6.